The fourth-order valence-corrected chi connectivity index (χ4v) is 5.42. The van der Waals surface area contributed by atoms with Gasteiger partial charge >= 0.3 is 12.1 Å². The van der Waals surface area contributed by atoms with E-state index in [1.165, 1.54) is 7.11 Å². The zero-order valence-corrected chi connectivity index (χ0v) is 18.6. The zero-order valence-electron chi connectivity index (χ0n) is 18.6. The molecule has 1 aromatic carbocycles. The van der Waals surface area contributed by atoms with E-state index in [4.69, 9.17) is 9.47 Å². The summed E-state index contributed by atoms with van der Waals surface area (Å²) in [6.45, 7) is 4.85. The highest BCUT2D eigenvalue weighted by atomic mass is 16.6. The molecule has 166 valence electrons. The predicted molar refractivity (Wildman–Crippen MR) is 117 cm³/mol. The van der Waals surface area contributed by atoms with Gasteiger partial charge in [-0.3, -0.25) is 9.69 Å². The van der Waals surface area contributed by atoms with Gasteiger partial charge in [0, 0.05) is 24.1 Å². The van der Waals surface area contributed by atoms with Crippen molar-refractivity contribution in [2.24, 2.45) is 5.92 Å². The third-order valence-corrected chi connectivity index (χ3v) is 6.89. The van der Waals surface area contributed by atoms with E-state index in [1.54, 1.807) is 4.90 Å². The number of ether oxygens (including phenoxy) is 2. The minimum atomic E-state index is -0.869. The Labute approximate surface area is 184 Å². The topological polar surface area (TPSA) is 59.1 Å². The van der Waals surface area contributed by atoms with Crippen molar-refractivity contribution in [3.63, 3.8) is 0 Å². The summed E-state index contributed by atoms with van der Waals surface area (Å²) in [6.07, 6.45) is 5.16. The lowest BCUT2D eigenvalue weighted by molar-refractivity contribution is -0.163. The van der Waals surface area contributed by atoms with E-state index in [-0.39, 0.29) is 24.0 Å². The van der Waals surface area contributed by atoms with Gasteiger partial charge in [-0.05, 0) is 82.2 Å². The number of fused-ring (bicyclic) bond motifs is 1. The normalized spacial score (nSPS) is 27.9. The molecule has 6 nitrogen and oxygen atoms in total. The van der Waals surface area contributed by atoms with Gasteiger partial charge < -0.3 is 14.4 Å². The standard InChI is InChI=1S/C25H32N2O4/c1-19-7-5-8-20(17-19)10-13-25(31-23(28)18-26-14-3-4-15-26)12-6-9-22-21(25)11-16-27(22)24(29)30-2/h5,7-8,17,21-22H,3-4,6,9,11-12,14-16,18H2,1-2H3. The fraction of sp³-hybridized carbons (Fsp3) is 0.600. The fourth-order valence-electron chi connectivity index (χ4n) is 5.42. The van der Waals surface area contributed by atoms with Crippen LogP contribution >= 0.6 is 0 Å². The van der Waals surface area contributed by atoms with Crippen molar-refractivity contribution in [1.82, 2.24) is 9.80 Å². The third kappa shape index (κ3) is 4.72. The van der Waals surface area contributed by atoms with Gasteiger partial charge in [-0.15, -0.1) is 0 Å². The summed E-state index contributed by atoms with van der Waals surface area (Å²) in [6, 6.07) is 8.05. The lowest BCUT2D eigenvalue weighted by Gasteiger charge is -2.42. The lowest BCUT2D eigenvalue weighted by Crippen LogP contribution is -2.52. The molecule has 0 N–H and O–H groups in total. The molecular formula is C25H32N2O4. The average molecular weight is 425 g/mol. The highest BCUT2D eigenvalue weighted by Crippen LogP contribution is 2.45. The Hall–Kier alpha value is -2.52. The molecule has 31 heavy (non-hydrogen) atoms. The molecule has 3 fully saturated rings. The molecule has 4 rings (SSSR count). The molecule has 2 heterocycles. The molecule has 0 bridgehead atoms. The third-order valence-electron chi connectivity index (χ3n) is 6.89. The van der Waals surface area contributed by atoms with E-state index in [1.807, 2.05) is 31.2 Å². The van der Waals surface area contributed by atoms with Crippen molar-refractivity contribution in [2.75, 3.05) is 33.3 Å². The minimum absolute atomic E-state index is 0.000173. The van der Waals surface area contributed by atoms with Crippen LogP contribution in [-0.2, 0) is 14.3 Å². The van der Waals surface area contributed by atoms with Crippen LogP contribution in [0.25, 0.3) is 0 Å². The van der Waals surface area contributed by atoms with Crippen LogP contribution in [0.5, 0.6) is 0 Å². The van der Waals surface area contributed by atoms with Crippen LogP contribution in [0.15, 0.2) is 24.3 Å². The maximum Gasteiger partial charge on any atom is 0.409 e. The van der Waals surface area contributed by atoms with Gasteiger partial charge in [-0.1, -0.05) is 18.1 Å². The summed E-state index contributed by atoms with van der Waals surface area (Å²) in [5.41, 5.74) is 1.19. The molecule has 1 aliphatic carbocycles. The molecule has 0 radical (unpaired) electrons. The summed E-state index contributed by atoms with van der Waals surface area (Å²) in [5.74, 6) is 6.47. The second-order valence-electron chi connectivity index (χ2n) is 8.98. The molecule has 1 aromatic rings. The molecule has 2 aliphatic heterocycles. The molecule has 1 saturated carbocycles. The average Bonchev–Trinajstić information content (AvgIpc) is 3.42. The molecule has 6 heteroatoms. The largest absolute Gasteiger partial charge is 0.453 e. The first kappa shape index (κ1) is 21.7. The Bertz CT molecular complexity index is 883. The zero-order chi connectivity index (χ0) is 21.8. The van der Waals surface area contributed by atoms with Gasteiger partial charge in [0.15, 0.2) is 5.60 Å². The Morgan fingerprint density at radius 1 is 1.16 bits per heavy atom. The Morgan fingerprint density at radius 3 is 2.71 bits per heavy atom. The maximum atomic E-state index is 13.0. The smallest absolute Gasteiger partial charge is 0.409 e. The van der Waals surface area contributed by atoms with E-state index in [2.05, 4.69) is 16.7 Å². The quantitative estimate of drug-likeness (QED) is 0.550. The van der Waals surface area contributed by atoms with Gasteiger partial charge in [-0.2, -0.15) is 0 Å². The van der Waals surface area contributed by atoms with E-state index >= 15 is 0 Å². The SMILES string of the molecule is COC(=O)N1CCC2C1CCCC2(C#Cc1cccc(C)c1)OC(=O)CN1CCCC1. The number of carbonyl (C=O) groups excluding carboxylic acids is 2. The molecule has 3 atom stereocenters. The van der Waals surface area contributed by atoms with Crippen molar-refractivity contribution in [2.45, 2.75) is 57.1 Å². The van der Waals surface area contributed by atoms with Crippen LogP contribution in [0.2, 0.25) is 0 Å². The number of carbonyl (C=O) groups is 2. The first-order valence-electron chi connectivity index (χ1n) is 11.4. The van der Waals surface area contributed by atoms with Gasteiger partial charge in [0.25, 0.3) is 0 Å². The Kier molecular flexibility index (Phi) is 6.52. The highest BCUT2D eigenvalue weighted by molar-refractivity contribution is 5.73. The summed E-state index contributed by atoms with van der Waals surface area (Å²) in [7, 11) is 1.42. The Morgan fingerprint density at radius 2 is 1.97 bits per heavy atom. The summed E-state index contributed by atoms with van der Waals surface area (Å²) < 4.78 is 11.2. The number of benzene rings is 1. The van der Waals surface area contributed by atoms with Crippen LogP contribution in [0.4, 0.5) is 4.79 Å². The number of hydrogen-bond donors (Lipinski definition) is 0. The second-order valence-corrected chi connectivity index (χ2v) is 8.98. The number of rotatable bonds is 3. The van der Waals surface area contributed by atoms with Crippen LogP contribution in [0, 0.1) is 24.7 Å². The van der Waals surface area contributed by atoms with Gasteiger partial charge in [0.2, 0.25) is 0 Å². The van der Waals surface area contributed by atoms with E-state index in [0.29, 0.717) is 19.5 Å². The number of hydrogen-bond acceptors (Lipinski definition) is 5. The summed E-state index contributed by atoms with van der Waals surface area (Å²) >= 11 is 0. The number of methoxy groups -OCH3 is 1. The van der Waals surface area contributed by atoms with Crippen LogP contribution in [-0.4, -0.2) is 66.8 Å². The minimum Gasteiger partial charge on any atom is -0.453 e. The Balaban J connectivity index is 1.62. The van der Waals surface area contributed by atoms with Crippen molar-refractivity contribution in [1.29, 1.82) is 0 Å². The number of esters is 1. The summed E-state index contributed by atoms with van der Waals surface area (Å²) in [5, 5.41) is 0. The monoisotopic (exact) mass is 424 g/mol. The van der Waals surface area contributed by atoms with Crippen molar-refractivity contribution in [3.05, 3.63) is 35.4 Å². The van der Waals surface area contributed by atoms with Crippen molar-refractivity contribution < 1.29 is 19.1 Å². The molecular weight excluding hydrogens is 392 g/mol. The van der Waals surface area contributed by atoms with Gasteiger partial charge in [-0.25, -0.2) is 4.79 Å². The molecule has 3 unspecified atom stereocenters. The number of amides is 1. The van der Waals surface area contributed by atoms with Gasteiger partial charge in [0.1, 0.15) is 0 Å². The predicted octanol–water partition coefficient (Wildman–Crippen LogP) is 3.37. The van der Waals surface area contributed by atoms with Crippen molar-refractivity contribution in [3.8, 4) is 11.8 Å². The first-order chi connectivity index (χ1) is 15.0. The van der Waals surface area contributed by atoms with Crippen molar-refractivity contribution >= 4 is 12.1 Å². The van der Waals surface area contributed by atoms with Gasteiger partial charge in [0.05, 0.1) is 13.7 Å². The van der Waals surface area contributed by atoms with E-state index in [0.717, 1.165) is 56.3 Å². The van der Waals surface area contributed by atoms with E-state index < -0.39 is 5.60 Å². The van der Waals surface area contributed by atoms with Crippen LogP contribution in [0.3, 0.4) is 0 Å². The number of nitrogens with zero attached hydrogens (tertiary/aromatic N) is 2. The molecule has 1 amide bonds. The van der Waals surface area contributed by atoms with Crippen LogP contribution < -0.4 is 0 Å². The summed E-state index contributed by atoms with van der Waals surface area (Å²) in [4.78, 5) is 29.2. The highest BCUT2D eigenvalue weighted by Gasteiger charge is 2.53. The number of likely N-dealkylation sites (tertiary alicyclic amines) is 2. The molecule has 0 spiro atoms. The van der Waals surface area contributed by atoms with Crippen LogP contribution in [0.1, 0.15) is 49.7 Å². The first-order valence-corrected chi connectivity index (χ1v) is 11.4. The molecule has 0 aromatic heterocycles. The molecule has 2 saturated heterocycles. The molecule has 3 aliphatic rings. The number of aryl methyl sites for hydroxylation is 1. The lowest BCUT2D eigenvalue weighted by atomic mass is 9.72. The van der Waals surface area contributed by atoms with E-state index in [9.17, 15) is 9.59 Å². The maximum absolute atomic E-state index is 13.0. The second kappa shape index (κ2) is 9.32.